The molecule has 0 saturated heterocycles. The van der Waals surface area contributed by atoms with Crippen LogP contribution in [0.2, 0.25) is 0 Å². The Hall–Kier alpha value is -4.39. The van der Waals surface area contributed by atoms with Gasteiger partial charge in [-0.2, -0.15) is 0 Å². The van der Waals surface area contributed by atoms with Gasteiger partial charge in [-0.05, 0) is 56.0 Å². The van der Waals surface area contributed by atoms with E-state index in [4.69, 9.17) is 9.47 Å². The SMILES string of the molecule is CCOc1cc(OC(C)C)c(F)c(C(Nc2ccc3cnccc3c2)c2ncc(-c3ccccc3)[nH]2)c1. The summed E-state index contributed by atoms with van der Waals surface area (Å²) in [7, 11) is 0. The molecule has 37 heavy (non-hydrogen) atoms. The molecule has 3 aromatic carbocycles. The number of hydrogen-bond acceptors (Lipinski definition) is 5. The Labute approximate surface area is 215 Å². The summed E-state index contributed by atoms with van der Waals surface area (Å²) in [5.74, 6) is 0.775. The number of aromatic amines is 1. The lowest BCUT2D eigenvalue weighted by molar-refractivity contribution is 0.228. The fourth-order valence-corrected chi connectivity index (χ4v) is 4.27. The maximum absolute atomic E-state index is 16.0. The van der Waals surface area contributed by atoms with Gasteiger partial charge in [-0.25, -0.2) is 9.37 Å². The van der Waals surface area contributed by atoms with Gasteiger partial charge in [-0.15, -0.1) is 0 Å². The molecule has 0 bridgehead atoms. The van der Waals surface area contributed by atoms with Crippen molar-refractivity contribution in [2.45, 2.75) is 32.9 Å². The van der Waals surface area contributed by atoms with Crippen LogP contribution in [-0.2, 0) is 0 Å². The van der Waals surface area contributed by atoms with Gasteiger partial charge in [0, 0.05) is 35.1 Å². The summed E-state index contributed by atoms with van der Waals surface area (Å²) >= 11 is 0. The van der Waals surface area contributed by atoms with Crippen molar-refractivity contribution < 1.29 is 13.9 Å². The second-order valence-corrected chi connectivity index (χ2v) is 8.99. The number of anilines is 1. The third-order valence-electron chi connectivity index (χ3n) is 5.93. The first-order valence-electron chi connectivity index (χ1n) is 12.4. The smallest absolute Gasteiger partial charge is 0.171 e. The zero-order valence-electron chi connectivity index (χ0n) is 21.0. The maximum Gasteiger partial charge on any atom is 0.171 e. The first-order chi connectivity index (χ1) is 18.0. The Morgan fingerprint density at radius 2 is 1.81 bits per heavy atom. The number of nitrogens with one attached hydrogen (secondary N) is 2. The van der Waals surface area contributed by atoms with E-state index in [1.165, 1.54) is 0 Å². The van der Waals surface area contributed by atoms with Crippen molar-refractivity contribution in [2.75, 3.05) is 11.9 Å². The summed E-state index contributed by atoms with van der Waals surface area (Å²) in [5, 5.41) is 5.54. The summed E-state index contributed by atoms with van der Waals surface area (Å²) in [6, 6.07) is 20.5. The minimum atomic E-state index is -0.647. The Balaban J connectivity index is 1.62. The molecular formula is C30H29FN4O2. The molecule has 0 fully saturated rings. The van der Waals surface area contributed by atoms with E-state index in [0.717, 1.165) is 27.7 Å². The Bertz CT molecular complexity index is 1500. The van der Waals surface area contributed by atoms with Crippen LogP contribution in [0.5, 0.6) is 11.5 Å². The molecule has 2 N–H and O–H groups in total. The molecule has 2 aromatic heterocycles. The summed E-state index contributed by atoms with van der Waals surface area (Å²) in [4.78, 5) is 12.2. The summed E-state index contributed by atoms with van der Waals surface area (Å²) in [6.45, 7) is 6.07. The van der Waals surface area contributed by atoms with Crippen LogP contribution in [0.1, 0.15) is 38.2 Å². The van der Waals surface area contributed by atoms with Gasteiger partial charge in [0.25, 0.3) is 0 Å². The molecule has 0 amide bonds. The lowest BCUT2D eigenvalue weighted by Gasteiger charge is -2.22. The highest BCUT2D eigenvalue weighted by Crippen LogP contribution is 2.36. The highest BCUT2D eigenvalue weighted by Gasteiger charge is 2.26. The van der Waals surface area contributed by atoms with E-state index in [0.29, 0.717) is 23.7 Å². The van der Waals surface area contributed by atoms with Gasteiger partial charge < -0.3 is 19.8 Å². The standard InChI is InChI=1S/C30H29FN4O2/c1-4-36-24-15-25(28(31)27(16-24)37-19(2)3)29(30-33-18-26(35-30)20-8-6-5-7-9-20)34-23-11-10-22-17-32-13-12-21(22)14-23/h5-19,29,34H,4H2,1-3H3,(H,33,35). The fraction of sp³-hybridized carbons (Fsp3) is 0.200. The van der Waals surface area contributed by atoms with Gasteiger partial charge in [-0.1, -0.05) is 36.4 Å². The predicted octanol–water partition coefficient (Wildman–Crippen LogP) is 7.15. The summed E-state index contributed by atoms with van der Waals surface area (Å²) in [6.07, 6.45) is 5.13. The van der Waals surface area contributed by atoms with E-state index >= 15 is 4.39 Å². The minimum Gasteiger partial charge on any atom is -0.494 e. The predicted molar refractivity (Wildman–Crippen MR) is 145 cm³/mol. The lowest BCUT2D eigenvalue weighted by Crippen LogP contribution is -2.17. The van der Waals surface area contributed by atoms with Crippen LogP contribution in [0, 0.1) is 5.82 Å². The number of aromatic nitrogens is 3. The fourth-order valence-electron chi connectivity index (χ4n) is 4.27. The number of fused-ring (bicyclic) bond motifs is 1. The number of H-pyrrole nitrogens is 1. The molecular weight excluding hydrogens is 467 g/mol. The average molecular weight is 497 g/mol. The monoisotopic (exact) mass is 496 g/mol. The van der Waals surface area contributed by atoms with E-state index in [-0.39, 0.29) is 11.9 Å². The van der Waals surface area contributed by atoms with Crippen LogP contribution in [-0.4, -0.2) is 27.7 Å². The van der Waals surface area contributed by atoms with Crippen molar-refractivity contribution >= 4 is 16.5 Å². The lowest BCUT2D eigenvalue weighted by atomic mass is 10.0. The van der Waals surface area contributed by atoms with Crippen LogP contribution in [0.4, 0.5) is 10.1 Å². The third kappa shape index (κ3) is 5.40. The van der Waals surface area contributed by atoms with E-state index in [2.05, 4.69) is 20.3 Å². The molecule has 0 spiro atoms. The molecule has 0 aliphatic rings. The molecule has 7 heteroatoms. The molecule has 5 rings (SSSR count). The van der Waals surface area contributed by atoms with Crippen molar-refractivity contribution in [2.24, 2.45) is 0 Å². The summed E-state index contributed by atoms with van der Waals surface area (Å²) < 4.78 is 27.6. The highest BCUT2D eigenvalue weighted by atomic mass is 19.1. The number of rotatable bonds is 9. The molecule has 188 valence electrons. The number of ether oxygens (including phenoxy) is 2. The molecule has 1 atom stereocenters. The Morgan fingerprint density at radius 3 is 2.59 bits per heavy atom. The molecule has 5 aromatic rings. The first-order valence-corrected chi connectivity index (χ1v) is 12.4. The Kier molecular flexibility index (Phi) is 7.03. The van der Waals surface area contributed by atoms with Crippen molar-refractivity contribution in [1.82, 2.24) is 15.0 Å². The van der Waals surface area contributed by atoms with E-state index in [1.807, 2.05) is 81.6 Å². The van der Waals surface area contributed by atoms with Crippen molar-refractivity contribution in [3.8, 4) is 22.8 Å². The van der Waals surface area contributed by atoms with Crippen molar-refractivity contribution in [3.63, 3.8) is 0 Å². The molecule has 2 heterocycles. The molecule has 6 nitrogen and oxygen atoms in total. The second-order valence-electron chi connectivity index (χ2n) is 8.99. The van der Waals surface area contributed by atoms with Gasteiger partial charge in [0.15, 0.2) is 11.6 Å². The number of benzene rings is 3. The minimum absolute atomic E-state index is 0.141. The van der Waals surface area contributed by atoms with Crippen LogP contribution in [0.3, 0.4) is 0 Å². The zero-order valence-corrected chi connectivity index (χ0v) is 21.0. The topological polar surface area (TPSA) is 72.1 Å². The van der Waals surface area contributed by atoms with Crippen LogP contribution >= 0.6 is 0 Å². The third-order valence-corrected chi connectivity index (χ3v) is 5.93. The van der Waals surface area contributed by atoms with Crippen molar-refractivity contribution in [3.05, 3.63) is 103 Å². The van der Waals surface area contributed by atoms with Crippen LogP contribution < -0.4 is 14.8 Å². The highest BCUT2D eigenvalue weighted by molar-refractivity contribution is 5.85. The van der Waals surface area contributed by atoms with E-state index in [1.54, 1.807) is 24.5 Å². The molecule has 0 aliphatic carbocycles. The van der Waals surface area contributed by atoms with E-state index < -0.39 is 11.9 Å². The van der Waals surface area contributed by atoms with Gasteiger partial charge in [0.2, 0.25) is 0 Å². The number of nitrogens with zero attached hydrogens (tertiary/aromatic N) is 2. The van der Waals surface area contributed by atoms with E-state index in [9.17, 15) is 0 Å². The number of pyridine rings is 1. The van der Waals surface area contributed by atoms with Gasteiger partial charge >= 0.3 is 0 Å². The van der Waals surface area contributed by atoms with Crippen molar-refractivity contribution in [1.29, 1.82) is 0 Å². The zero-order chi connectivity index (χ0) is 25.8. The molecule has 0 saturated carbocycles. The number of imidazole rings is 1. The van der Waals surface area contributed by atoms with Crippen LogP contribution in [0.15, 0.2) is 85.3 Å². The normalized spacial score (nSPS) is 12.0. The van der Waals surface area contributed by atoms with Gasteiger partial charge in [0.1, 0.15) is 17.6 Å². The quantitative estimate of drug-likeness (QED) is 0.227. The molecule has 0 radical (unpaired) electrons. The molecule has 0 aliphatic heterocycles. The average Bonchev–Trinajstić information content (AvgIpc) is 3.40. The first kappa shape index (κ1) is 24.3. The number of halogens is 1. The largest absolute Gasteiger partial charge is 0.494 e. The van der Waals surface area contributed by atoms with Crippen LogP contribution in [0.25, 0.3) is 22.0 Å². The second kappa shape index (κ2) is 10.7. The maximum atomic E-state index is 16.0. The molecule has 1 unspecified atom stereocenters. The van der Waals surface area contributed by atoms with Gasteiger partial charge in [0.05, 0.1) is 24.6 Å². The number of hydrogen-bond donors (Lipinski definition) is 2. The van der Waals surface area contributed by atoms with Gasteiger partial charge in [-0.3, -0.25) is 4.98 Å². The Morgan fingerprint density at radius 1 is 0.973 bits per heavy atom. The summed E-state index contributed by atoms with van der Waals surface area (Å²) in [5.41, 5.74) is 3.01.